The van der Waals surface area contributed by atoms with Crippen LogP contribution < -0.4 is 10.7 Å². The quantitative estimate of drug-likeness (QED) is 0.655. The highest BCUT2D eigenvalue weighted by atomic mass is 35.5. The average molecular weight is 289 g/mol. The topological polar surface area (TPSA) is 66.4 Å². The molecule has 0 radical (unpaired) electrons. The number of carbonyl (C=O) groups excluding carboxylic acids is 1. The van der Waals surface area contributed by atoms with Crippen molar-refractivity contribution in [2.45, 2.75) is 0 Å². The number of amides is 1. The van der Waals surface area contributed by atoms with Crippen LogP contribution in [0.5, 0.6) is 0 Å². The molecule has 0 unspecified atom stereocenters. The van der Waals surface area contributed by atoms with Crippen LogP contribution in [-0.2, 0) is 4.79 Å². The van der Waals surface area contributed by atoms with Crippen LogP contribution in [0.3, 0.4) is 0 Å². The van der Waals surface area contributed by atoms with Crippen molar-refractivity contribution < 1.29 is 4.79 Å². The molecule has 0 atom stereocenters. The number of benzene rings is 1. The first kappa shape index (κ1) is 14.0. The summed E-state index contributed by atoms with van der Waals surface area (Å²) in [6.45, 7) is 0.119. The van der Waals surface area contributed by atoms with E-state index in [0.717, 1.165) is 11.3 Å². The van der Waals surface area contributed by atoms with Gasteiger partial charge in [0, 0.05) is 23.1 Å². The highest BCUT2D eigenvalue weighted by Crippen LogP contribution is 2.14. The van der Waals surface area contributed by atoms with E-state index in [0.29, 0.717) is 5.02 Å². The van der Waals surface area contributed by atoms with Crippen molar-refractivity contribution in [2.24, 2.45) is 5.10 Å². The van der Waals surface area contributed by atoms with Crippen molar-refractivity contribution in [3.05, 3.63) is 59.4 Å². The van der Waals surface area contributed by atoms with Gasteiger partial charge in [0.05, 0.1) is 12.8 Å². The van der Waals surface area contributed by atoms with Crippen LogP contribution in [0.25, 0.3) is 0 Å². The van der Waals surface area contributed by atoms with Crippen LogP contribution >= 0.6 is 11.6 Å². The molecule has 2 N–H and O–H groups in total. The minimum absolute atomic E-state index is 0.119. The highest BCUT2D eigenvalue weighted by Gasteiger charge is 1.99. The Hall–Kier alpha value is -2.40. The lowest BCUT2D eigenvalue weighted by Gasteiger charge is -2.05. The Morgan fingerprint density at radius 3 is 2.85 bits per heavy atom. The van der Waals surface area contributed by atoms with Gasteiger partial charge in [0.25, 0.3) is 5.91 Å². The number of pyridine rings is 1. The van der Waals surface area contributed by atoms with E-state index < -0.39 is 0 Å². The van der Waals surface area contributed by atoms with Crippen LogP contribution in [0.4, 0.5) is 5.69 Å². The molecule has 1 amide bonds. The van der Waals surface area contributed by atoms with E-state index in [9.17, 15) is 4.79 Å². The Kier molecular flexibility index (Phi) is 5.08. The molecular formula is C14H13ClN4O. The molecule has 0 saturated heterocycles. The van der Waals surface area contributed by atoms with Gasteiger partial charge >= 0.3 is 0 Å². The molecular weight excluding hydrogens is 276 g/mol. The number of halogens is 1. The fourth-order valence-corrected chi connectivity index (χ4v) is 1.64. The summed E-state index contributed by atoms with van der Waals surface area (Å²) >= 11 is 5.84. The van der Waals surface area contributed by atoms with E-state index in [1.807, 2.05) is 12.1 Å². The molecule has 0 aliphatic rings. The van der Waals surface area contributed by atoms with Gasteiger partial charge in [0.15, 0.2) is 0 Å². The van der Waals surface area contributed by atoms with Crippen molar-refractivity contribution in [3.8, 4) is 0 Å². The number of nitrogens with one attached hydrogen (secondary N) is 2. The molecule has 0 aliphatic heterocycles. The zero-order valence-corrected chi connectivity index (χ0v) is 11.3. The van der Waals surface area contributed by atoms with E-state index in [1.54, 1.807) is 42.9 Å². The lowest BCUT2D eigenvalue weighted by Crippen LogP contribution is -2.25. The predicted molar refractivity (Wildman–Crippen MR) is 79.9 cm³/mol. The third-order valence-electron chi connectivity index (χ3n) is 2.39. The van der Waals surface area contributed by atoms with E-state index >= 15 is 0 Å². The third-order valence-corrected chi connectivity index (χ3v) is 2.62. The monoisotopic (exact) mass is 288 g/mol. The van der Waals surface area contributed by atoms with Crippen molar-refractivity contribution in [1.29, 1.82) is 0 Å². The molecule has 0 fully saturated rings. The molecule has 1 aromatic carbocycles. The number of rotatable bonds is 5. The molecule has 0 bridgehead atoms. The molecule has 1 heterocycles. The molecule has 0 saturated carbocycles. The first-order chi connectivity index (χ1) is 9.74. The Labute approximate surface area is 121 Å². The van der Waals surface area contributed by atoms with Crippen LogP contribution in [0.1, 0.15) is 5.56 Å². The standard InChI is InChI=1S/C14H13ClN4O/c15-12-2-1-3-13(8-12)17-10-14(20)19-18-9-11-4-6-16-7-5-11/h1-9,17H,10H2,(H,19,20). The summed E-state index contributed by atoms with van der Waals surface area (Å²) in [5.41, 5.74) is 4.08. The van der Waals surface area contributed by atoms with E-state index in [4.69, 9.17) is 11.6 Å². The molecule has 5 nitrogen and oxygen atoms in total. The number of anilines is 1. The predicted octanol–water partition coefficient (Wildman–Crippen LogP) is 2.30. The second-order valence-corrected chi connectivity index (χ2v) is 4.37. The average Bonchev–Trinajstić information content (AvgIpc) is 2.46. The maximum Gasteiger partial charge on any atom is 0.259 e. The summed E-state index contributed by atoms with van der Waals surface area (Å²) < 4.78 is 0. The second-order valence-electron chi connectivity index (χ2n) is 3.94. The van der Waals surface area contributed by atoms with Crippen LogP contribution in [0, 0.1) is 0 Å². The summed E-state index contributed by atoms with van der Waals surface area (Å²) in [4.78, 5) is 15.4. The third kappa shape index (κ3) is 4.70. The molecule has 6 heteroatoms. The van der Waals surface area contributed by atoms with Gasteiger partial charge in [-0.3, -0.25) is 9.78 Å². The van der Waals surface area contributed by atoms with Gasteiger partial charge in [0.2, 0.25) is 0 Å². The summed E-state index contributed by atoms with van der Waals surface area (Å²) in [5.74, 6) is -0.240. The van der Waals surface area contributed by atoms with E-state index in [-0.39, 0.29) is 12.5 Å². The minimum atomic E-state index is -0.240. The number of hydrogen-bond acceptors (Lipinski definition) is 4. The Morgan fingerprint density at radius 2 is 2.10 bits per heavy atom. The molecule has 2 aromatic rings. The van der Waals surface area contributed by atoms with Gasteiger partial charge < -0.3 is 5.32 Å². The van der Waals surface area contributed by atoms with Crippen LogP contribution in [0.2, 0.25) is 5.02 Å². The van der Waals surface area contributed by atoms with Gasteiger partial charge in [-0.05, 0) is 35.9 Å². The van der Waals surface area contributed by atoms with Crippen molar-refractivity contribution in [1.82, 2.24) is 10.4 Å². The van der Waals surface area contributed by atoms with Gasteiger partial charge in [0.1, 0.15) is 0 Å². The van der Waals surface area contributed by atoms with Crippen LogP contribution in [-0.4, -0.2) is 23.7 Å². The summed E-state index contributed by atoms with van der Waals surface area (Å²) in [6.07, 6.45) is 4.87. The Balaban J connectivity index is 1.77. The van der Waals surface area contributed by atoms with Crippen molar-refractivity contribution in [2.75, 3.05) is 11.9 Å². The minimum Gasteiger partial charge on any atom is -0.376 e. The molecule has 1 aromatic heterocycles. The second kappa shape index (κ2) is 7.25. The molecule has 0 spiro atoms. The number of carbonyl (C=O) groups is 1. The number of nitrogens with zero attached hydrogens (tertiary/aromatic N) is 2. The van der Waals surface area contributed by atoms with Gasteiger partial charge in [-0.15, -0.1) is 0 Å². The molecule has 0 aliphatic carbocycles. The summed E-state index contributed by atoms with van der Waals surface area (Å²) in [6, 6.07) is 10.7. The van der Waals surface area contributed by atoms with Crippen LogP contribution in [0.15, 0.2) is 53.9 Å². The lowest BCUT2D eigenvalue weighted by atomic mass is 10.3. The normalized spacial score (nSPS) is 10.4. The zero-order valence-electron chi connectivity index (χ0n) is 10.6. The Bertz CT molecular complexity index is 601. The zero-order chi connectivity index (χ0) is 14.2. The smallest absolute Gasteiger partial charge is 0.259 e. The first-order valence-electron chi connectivity index (χ1n) is 5.95. The Morgan fingerprint density at radius 1 is 1.30 bits per heavy atom. The SMILES string of the molecule is O=C(CNc1cccc(Cl)c1)NN=Cc1ccncc1. The van der Waals surface area contributed by atoms with Crippen molar-refractivity contribution in [3.63, 3.8) is 0 Å². The highest BCUT2D eigenvalue weighted by molar-refractivity contribution is 6.30. The van der Waals surface area contributed by atoms with Gasteiger partial charge in [-0.25, -0.2) is 5.43 Å². The maximum atomic E-state index is 11.6. The summed E-state index contributed by atoms with van der Waals surface area (Å²) in [7, 11) is 0. The largest absolute Gasteiger partial charge is 0.376 e. The fraction of sp³-hybridized carbons (Fsp3) is 0.0714. The van der Waals surface area contributed by atoms with Crippen molar-refractivity contribution >= 4 is 29.4 Å². The number of hydrogen-bond donors (Lipinski definition) is 2. The number of aromatic nitrogens is 1. The summed E-state index contributed by atoms with van der Waals surface area (Å²) in [5, 5.41) is 7.42. The maximum absolute atomic E-state index is 11.6. The molecule has 2 rings (SSSR count). The molecule has 20 heavy (non-hydrogen) atoms. The van der Waals surface area contributed by atoms with Gasteiger partial charge in [-0.2, -0.15) is 5.10 Å². The van der Waals surface area contributed by atoms with E-state index in [1.165, 1.54) is 0 Å². The first-order valence-corrected chi connectivity index (χ1v) is 6.33. The lowest BCUT2D eigenvalue weighted by molar-refractivity contribution is -0.119. The number of hydrazone groups is 1. The van der Waals surface area contributed by atoms with Gasteiger partial charge in [-0.1, -0.05) is 17.7 Å². The van der Waals surface area contributed by atoms with E-state index in [2.05, 4.69) is 20.8 Å². The molecule has 102 valence electrons. The fourth-order valence-electron chi connectivity index (χ4n) is 1.45.